The number of ether oxygens (including phenoxy) is 1. The summed E-state index contributed by atoms with van der Waals surface area (Å²) in [6, 6.07) is 10.3. The monoisotopic (exact) mass is 523 g/mol. The van der Waals surface area contributed by atoms with Crippen LogP contribution in [0, 0.1) is 5.82 Å². The van der Waals surface area contributed by atoms with Crippen LogP contribution < -0.4 is 10.2 Å². The number of carbonyl (C=O) groups excluding carboxylic acids is 2. The highest BCUT2D eigenvalue weighted by Crippen LogP contribution is 2.34. The number of nitrogens with one attached hydrogen (secondary N) is 1. The van der Waals surface area contributed by atoms with Crippen LogP contribution in [-0.4, -0.2) is 40.0 Å². The van der Waals surface area contributed by atoms with Gasteiger partial charge in [-0.05, 0) is 65.2 Å². The van der Waals surface area contributed by atoms with E-state index in [9.17, 15) is 14.0 Å². The van der Waals surface area contributed by atoms with Gasteiger partial charge in [0.1, 0.15) is 17.3 Å². The van der Waals surface area contributed by atoms with E-state index in [0.717, 1.165) is 11.3 Å². The highest BCUT2D eigenvalue weighted by atomic mass is 79.9. The molecule has 2 amide bonds. The standard InChI is InChI=1S/C24H19BrFN5O3/c1-34-24(33)29-20-8-4-14(11-27-20)19-12-28-21-9-5-15(13-31(19)21)23(32)30-10-2-3-16-18(30)7-6-17(25)22(16)26/h4-9,11-13H,2-3,10H2,1H3,(H,27,29,33). The Morgan fingerprint density at radius 1 is 1.12 bits per heavy atom. The SMILES string of the molecule is COC(=O)Nc1ccc(-c2cnc3ccc(C(=O)N4CCCc5c4ccc(Br)c5F)cn23)cn1. The molecule has 0 spiro atoms. The van der Waals surface area contributed by atoms with Crippen LogP contribution in [0.5, 0.6) is 0 Å². The maximum Gasteiger partial charge on any atom is 0.412 e. The van der Waals surface area contributed by atoms with Gasteiger partial charge >= 0.3 is 6.09 Å². The van der Waals surface area contributed by atoms with Crippen molar-refractivity contribution in [1.29, 1.82) is 0 Å². The molecule has 8 nitrogen and oxygen atoms in total. The Morgan fingerprint density at radius 2 is 1.97 bits per heavy atom. The number of carbonyl (C=O) groups is 2. The van der Waals surface area contributed by atoms with Gasteiger partial charge in [0.2, 0.25) is 0 Å². The average molecular weight is 524 g/mol. The molecule has 0 saturated carbocycles. The highest BCUT2D eigenvalue weighted by Gasteiger charge is 2.27. The predicted molar refractivity (Wildman–Crippen MR) is 129 cm³/mol. The normalized spacial score (nSPS) is 13.0. The third-order valence-corrected chi connectivity index (χ3v) is 6.36. The van der Waals surface area contributed by atoms with Crippen molar-refractivity contribution in [2.75, 3.05) is 23.9 Å². The van der Waals surface area contributed by atoms with Crippen molar-refractivity contribution in [1.82, 2.24) is 14.4 Å². The van der Waals surface area contributed by atoms with E-state index in [1.807, 2.05) is 4.40 Å². The van der Waals surface area contributed by atoms with Crippen LogP contribution in [0.15, 0.2) is 59.5 Å². The summed E-state index contributed by atoms with van der Waals surface area (Å²) in [6.45, 7) is 0.514. The summed E-state index contributed by atoms with van der Waals surface area (Å²) in [6.07, 6.45) is 5.68. The Kier molecular flexibility index (Phi) is 5.74. The van der Waals surface area contributed by atoms with E-state index in [4.69, 9.17) is 0 Å². The molecule has 1 N–H and O–H groups in total. The smallest absolute Gasteiger partial charge is 0.412 e. The molecule has 34 heavy (non-hydrogen) atoms. The van der Waals surface area contributed by atoms with Crippen LogP contribution in [0.4, 0.5) is 20.7 Å². The van der Waals surface area contributed by atoms with E-state index >= 15 is 0 Å². The molecule has 0 bridgehead atoms. The lowest BCUT2D eigenvalue weighted by Crippen LogP contribution is -2.36. The van der Waals surface area contributed by atoms with Crippen molar-refractivity contribution in [2.24, 2.45) is 0 Å². The lowest BCUT2D eigenvalue weighted by molar-refractivity contribution is 0.0984. The first-order valence-corrected chi connectivity index (χ1v) is 11.3. The fraction of sp³-hybridized carbons (Fsp3) is 0.167. The lowest BCUT2D eigenvalue weighted by Gasteiger charge is -2.30. The summed E-state index contributed by atoms with van der Waals surface area (Å²) < 4.78 is 21.4. The highest BCUT2D eigenvalue weighted by molar-refractivity contribution is 9.10. The molecule has 0 aliphatic carbocycles. The molecule has 1 aliphatic heterocycles. The number of fused-ring (bicyclic) bond motifs is 2. The van der Waals surface area contributed by atoms with Crippen molar-refractivity contribution in [3.63, 3.8) is 0 Å². The summed E-state index contributed by atoms with van der Waals surface area (Å²) in [4.78, 5) is 35.1. The fourth-order valence-corrected chi connectivity index (χ4v) is 4.44. The lowest BCUT2D eigenvalue weighted by atomic mass is 10.0. The van der Waals surface area contributed by atoms with E-state index in [0.29, 0.717) is 52.1 Å². The number of amides is 2. The predicted octanol–water partition coefficient (Wildman–Crippen LogP) is 5.07. The Labute approximate surface area is 202 Å². The Balaban J connectivity index is 1.48. The number of benzene rings is 1. The van der Waals surface area contributed by atoms with Gasteiger partial charge in [-0.3, -0.25) is 14.5 Å². The van der Waals surface area contributed by atoms with Gasteiger partial charge in [0, 0.05) is 30.1 Å². The third-order valence-electron chi connectivity index (χ3n) is 5.74. The van der Waals surface area contributed by atoms with Crippen molar-refractivity contribution in [3.8, 4) is 11.3 Å². The number of rotatable bonds is 3. The molecule has 1 aromatic carbocycles. The van der Waals surface area contributed by atoms with Crippen LogP contribution in [0.3, 0.4) is 0 Å². The van der Waals surface area contributed by atoms with Gasteiger partial charge < -0.3 is 9.64 Å². The van der Waals surface area contributed by atoms with Crippen molar-refractivity contribution < 1.29 is 18.7 Å². The second kappa shape index (κ2) is 8.86. The first-order valence-electron chi connectivity index (χ1n) is 10.5. The number of aromatic nitrogens is 3. The van der Waals surface area contributed by atoms with Crippen LogP contribution in [0.2, 0.25) is 0 Å². The summed E-state index contributed by atoms with van der Waals surface area (Å²) in [5, 5.41) is 2.50. The summed E-state index contributed by atoms with van der Waals surface area (Å²) in [5.41, 5.74) is 3.75. The Bertz CT molecular complexity index is 1420. The largest absolute Gasteiger partial charge is 0.453 e. The van der Waals surface area contributed by atoms with Gasteiger partial charge in [-0.2, -0.15) is 0 Å². The topological polar surface area (TPSA) is 88.8 Å². The second-order valence-corrected chi connectivity index (χ2v) is 8.61. The summed E-state index contributed by atoms with van der Waals surface area (Å²) in [5.74, 6) is -0.178. The molecule has 0 fully saturated rings. The molecule has 0 radical (unpaired) electrons. The molecule has 0 unspecified atom stereocenters. The van der Waals surface area contributed by atoms with E-state index in [2.05, 4.69) is 36.0 Å². The summed E-state index contributed by atoms with van der Waals surface area (Å²) in [7, 11) is 1.28. The van der Waals surface area contributed by atoms with Gasteiger partial charge in [-0.15, -0.1) is 0 Å². The number of anilines is 2. The van der Waals surface area contributed by atoms with Crippen molar-refractivity contribution in [3.05, 3.63) is 76.4 Å². The van der Waals surface area contributed by atoms with Crippen LogP contribution in [0.25, 0.3) is 16.9 Å². The van der Waals surface area contributed by atoms with Crippen LogP contribution in [0.1, 0.15) is 22.3 Å². The van der Waals surface area contributed by atoms with E-state index < -0.39 is 6.09 Å². The number of hydrogen-bond acceptors (Lipinski definition) is 5. The zero-order valence-corrected chi connectivity index (χ0v) is 19.7. The van der Waals surface area contributed by atoms with Crippen LogP contribution >= 0.6 is 15.9 Å². The Morgan fingerprint density at radius 3 is 2.74 bits per heavy atom. The van der Waals surface area contributed by atoms with E-state index in [1.54, 1.807) is 59.9 Å². The van der Waals surface area contributed by atoms with Crippen LogP contribution in [-0.2, 0) is 11.2 Å². The molecule has 0 saturated heterocycles. The summed E-state index contributed by atoms with van der Waals surface area (Å²) >= 11 is 3.23. The second-order valence-electron chi connectivity index (χ2n) is 7.76. The fourth-order valence-electron chi connectivity index (χ4n) is 4.07. The average Bonchev–Trinajstić information content (AvgIpc) is 3.29. The minimum absolute atomic E-state index is 0.208. The number of hydrogen-bond donors (Lipinski definition) is 1. The minimum Gasteiger partial charge on any atom is -0.453 e. The molecule has 1 aliphatic rings. The van der Waals surface area contributed by atoms with E-state index in [1.165, 1.54) is 7.11 Å². The minimum atomic E-state index is -0.607. The quantitative estimate of drug-likeness (QED) is 0.405. The maximum absolute atomic E-state index is 14.6. The van der Waals surface area contributed by atoms with Gasteiger partial charge in [0.05, 0.1) is 34.7 Å². The first kappa shape index (κ1) is 22.0. The Hall–Kier alpha value is -3.79. The molecular weight excluding hydrogens is 505 g/mol. The van der Waals surface area contributed by atoms with Gasteiger partial charge in [0.15, 0.2) is 0 Å². The zero-order valence-electron chi connectivity index (χ0n) is 18.1. The molecule has 4 aromatic rings. The number of methoxy groups -OCH3 is 1. The number of halogens is 2. The van der Waals surface area contributed by atoms with Crippen molar-refractivity contribution in [2.45, 2.75) is 12.8 Å². The zero-order chi connectivity index (χ0) is 23.8. The molecule has 3 aromatic heterocycles. The van der Waals surface area contributed by atoms with Gasteiger partial charge in [-0.25, -0.2) is 19.2 Å². The number of imidazole rings is 1. The number of pyridine rings is 2. The number of nitrogens with zero attached hydrogens (tertiary/aromatic N) is 4. The molecule has 0 atom stereocenters. The van der Waals surface area contributed by atoms with E-state index in [-0.39, 0.29) is 11.7 Å². The van der Waals surface area contributed by atoms with Gasteiger partial charge in [0.25, 0.3) is 5.91 Å². The molecule has 5 rings (SSSR count). The molecular formula is C24H19BrFN5O3. The first-order chi connectivity index (χ1) is 16.5. The molecule has 10 heteroatoms. The van der Waals surface area contributed by atoms with Crippen molar-refractivity contribution >= 4 is 45.1 Å². The van der Waals surface area contributed by atoms with Gasteiger partial charge in [-0.1, -0.05) is 0 Å². The third kappa shape index (κ3) is 3.90. The maximum atomic E-state index is 14.6. The molecule has 4 heterocycles. The molecule has 172 valence electrons.